The Kier molecular flexibility index (Phi) is 4.40. The van der Waals surface area contributed by atoms with E-state index < -0.39 is 0 Å². The molecule has 0 heterocycles. The molecule has 0 unspecified atom stereocenters. The van der Waals surface area contributed by atoms with E-state index in [1.165, 1.54) is 22.8 Å². The molecule has 0 aliphatic rings. The molecule has 2 aromatic rings. The van der Waals surface area contributed by atoms with Crippen molar-refractivity contribution in [2.45, 2.75) is 27.2 Å². The summed E-state index contributed by atoms with van der Waals surface area (Å²) in [5.41, 5.74) is 12.1. The van der Waals surface area contributed by atoms with Crippen molar-refractivity contribution < 1.29 is 4.39 Å². The second-order valence-corrected chi connectivity index (χ2v) is 5.24. The lowest BCUT2D eigenvalue weighted by atomic mass is 10.0. The number of rotatable bonds is 4. The highest BCUT2D eigenvalue weighted by molar-refractivity contribution is 5.69. The summed E-state index contributed by atoms with van der Waals surface area (Å²) < 4.78 is 13.4. The van der Waals surface area contributed by atoms with Crippen molar-refractivity contribution in [3.8, 4) is 0 Å². The van der Waals surface area contributed by atoms with Gasteiger partial charge in [0, 0.05) is 11.4 Å². The number of halogens is 1. The maximum Gasteiger partial charge on any atom is 0.123 e. The van der Waals surface area contributed by atoms with Gasteiger partial charge >= 0.3 is 0 Å². The first kappa shape index (κ1) is 14.5. The molecule has 0 aromatic heterocycles. The van der Waals surface area contributed by atoms with E-state index in [-0.39, 0.29) is 5.82 Å². The second kappa shape index (κ2) is 6.06. The van der Waals surface area contributed by atoms with E-state index in [0.717, 1.165) is 16.9 Å². The van der Waals surface area contributed by atoms with Gasteiger partial charge in [-0.15, -0.1) is 0 Å². The smallest absolute Gasteiger partial charge is 0.123 e. The Morgan fingerprint density at radius 3 is 2.30 bits per heavy atom. The zero-order valence-electron chi connectivity index (χ0n) is 12.3. The summed E-state index contributed by atoms with van der Waals surface area (Å²) in [5.74, 6) is -0.226. The predicted molar refractivity (Wildman–Crippen MR) is 83.1 cm³/mol. The lowest BCUT2D eigenvalue weighted by molar-refractivity contribution is 0.625. The maximum absolute atomic E-state index is 13.4. The number of aryl methyl sites for hydroxylation is 3. The minimum Gasteiger partial charge on any atom is -0.355 e. The fraction of sp³-hybridized carbons (Fsp3) is 0.294. The Morgan fingerprint density at radius 2 is 1.70 bits per heavy atom. The molecular weight excluding hydrogens is 251 g/mol. The lowest BCUT2D eigenvalue weighted by Gasteiger charge is -2.16. The fourth-order valence-electron chi connectivity index (χ4n) is 2.56. The monoisotopic (exact) mass is 272 g/mol. The van der Waals surface area contributed by atoms with Crippen molar-refractivity contribution in [3.05, 3.63) is 58.4 Å². The van der Waals surface area contributed by atoms with E-state index in [1.807, 2.05) is 0 Å². The standard InChI is InChI=1S/C17H21FN2/c1-11-8-12(2)17(13(3)9-11)20-16-5-4-15(18)10-14(16)6-7-19/h4-5,8-10,20H,6-7,19H2,1-3H3. The number of hydrogen-bond donors (Lipinski definition) is 2. The van der Waals surface area contributed by atoms with Crippen LogP contribution in [0.3, 0.4) is 0 Å². The van der Waals surface area contributed by atoms with E-state index in [1.54, 1.807) is 12.1 Å². The third-order valence-electron chi connectivity index (χ3n) is 3.42. The van der Waals surface area contributed by atoms with Crippen molar-refractivity contribution in [1.82, 2.24) is 0 Å². The molecule has 0 saturated heterocycles. The van der Waals surface area contributed by atoms with Gasteiger partial charge in [0.25, 0.3) is 0 Å². The molecule has 0 atom stereocenters. The van der Waals surface area contributed by atoms with E-state index in [4.69, 9.17) is 5.73 Å². The molecule has 3 N–H and O–H groups in total. The summed E-state index contributed by atoms with van der Waals surface area (Å²) in [6, 6.07) is 9.08. The van der Waals surface area contributed by atoms with Crippen molar-refractivity contribution in [1.29, 1.82) is 0 Å². The average Bonchev–Trinajstić information content (AvgIpc) is 2.36. The number of anilines is 2. The highest BCUT2D eigenvalue weighted by Crippen LogP contribution is 2.28. The van der Waals surface area contributed by atoms with Gasteiger partial charge < -0.3 is 11.1 Å². The molecule has 0 spiro atoms. The van der Waals surface area contributed by atoms with E-state index in [2.05, 4.69) is 38.2 Å². The summed E-state index contributed by atoms with van der Waals surface area (Å²) in [5, 5.41) is 3.43. The van der Waals surface area contributed by atoms with Crippen LogP contribution < -0.4 is 11.1 Å². The summed E-state index contributed by atoms with van der Waals surface area (Å²) in [6.45, 7) is 6.74. The fourth-order valence-corrected chi connectivity index (χ4v) is 2.56. The molecule has 2 aromatic carbocycles. The van der Waals surface area contributed by atoms with E-state index >= 15 is 0 Å². The van der Waals surface area contributed by atoms with Crippen LogP contribution in [0.15, 0.2) is 30.3 Å². The third-order valence-corrected chi connectivity index (χ3v) is 3.42. The SMILES string of the molecule is Cc1cc(C)c(Nc2ccc(F)cc2CCN)c(C)c1. The summed E-state index contributed by atoms with van der Waals surface area (Å²) in [6.07, 6.45) is 0.657. The topological polar surface area (TPSA) is 38.0 Å². The maximum atomic E-state index is 13.4. The molecule has 0 radical (unpaired) electrons. The molecule has 3 heteroatoms. The molecule has 0 saturated carbocycles. The molecule has 2 rings (SSSR count). The summed E-state index contributed by atoms with van der Waals surface area (Å²) in [4.78, 5) is 0. The highest BCUT2D eigenvalue weighted by atomic mass is 19.1. The van der Waals surface area contributed by atoms with Gasteiger partial charge in [-0.2, -0.15) is 0 Å². The Balaban J connectivity index is 2.40. The van der Waals surface area contributed by atoms with Gasteiger partial charge in [-0.1, -0.05) is 17.7 Å². The van der Waals surface area contributed by atoms with Gasteiger partial charge in [0.05, 0.1) is 0 Å². The van der Waals surface area contributed by atoms with Gasteiger partial charge in [-0.3, -0.25) is 0 Å². The van der Waals surface area contributed by atoms with Crippen molar-refractivity contribution in [3.63, 3.8) is 0 Å². The normalized spacial score (nSPS) is 10.7. The van der Waals surface area contributed by atoms with Crippen molar-refractivity contribution in [2.24, 2.45) is 5.73 Å². The molecule has 0 fully saturated rings. The predicted octanol–water partition coefficient (Wildman–Crippen LogP) is 4.00. The van der Waals surface area contributed by atoms with Gasteiger partial charge in [-0.25, -0.2) is 4.39 Å². The number of nitrogens with one attached hydrogen (secondary N) is 1. The Hall–Kier alpha value is -1.87. The van der Waals surface area contributed by atoms with Crippen molar-refractivity contribution >= 4 is 11.4 Å². The van der Waals surface area contributed by atoms with E-state index in [0.29, 0.717) is 13.0 Å². The molecule has 0 bridgehead atoms. The first-order chi connectivity index (χ1) is 9.51. The van der Waals surface area contributed by atoms with Crippen LogP contribution in [0.5, 0.6) is 0 Å². The number of benzene rings is 2. The van der Waals surface area contributed by atoms with Crippen LogP contribution in [0.1, 0.15) is 22.3 Å². The second-order valence-electron chi connectivity index (χ2n) is 5.24. The lowest BCUT2D eigenvalue weighted by Crippen LogP contribution is -2.06. The van der Waals surface area contributed by atoms with Gasteiger partial charge in [-0.05, 0) is 68.6 Å². The quantitative estimate of drug-likeness (QED) is 0.883. The van der Waals surface area contributed by atoms with Crippen LogP contribution in [-0.2, 0) is 6.42 Å². The summed E-state index contributed by atoms with van der Waals surface area (Å²) >= 11 is 0. The van der Waals surface area contributed by atoms with Crippen molar-refractivity contribution in [2.75, 3.05) is 11.9 Å². The van der Waals surface area contributed by atoms with Gasteiger partial charge in [0.1, 0.15) is 5.82 Å². The molecule has 106 valence electrons. The van der Waals surface area contributed by atoms with Crippen LogP contribution in [-0.4, -0.2) is 6.54 Å². The summed E-state index contributed by atoms with van der Waals surface area (Å²) in [7, 11) is 0. The third kappa shape index (κ3) is 3.17. The molecular formula is C17H21FN2. The minimum atomic E-state index is -0.226. The molecule has 0 aliphatic heterocycles. The van der Waals surface area contributed by atoms with Crippen LogP contribution in [0, 0.1) is 26.6 Å². The first-order valence-corrected chi connectivity index (χ1v) is 6.84. The molecule has 20 heavy (non-hydrogen) atoms. The minimum absolute atomic E-state index is 0.226. The Labute approximate surface area is 119 Å². The van der Waals surface area contributed by atoms with Crippen LogP contribution >= 0.6 is 0 Å². The highest BCUT2D eigenvalue weighted by Gasteiger charge is 2.08. The zero-order chi connectivity index (χ0) is 14.7. The number of hydrogen-bond acceptors (Lipinski definition) is 2. The average molecular weight is 272 g/mol. The first-order valence-electron chi connectivity index (χ1n) is 6.84. The van der Waals surface area contributed by atoms with Crippen LogP contribution in [0.25, 0.3) is 0 Å². The Morgan fingerprint density at radius 1 is 1.05 bits per heavy atom. The van der Waals surface area contributed by atoms with E-state index in [9.17, 15) is 4.39 Å². The molecule has 2 nitrogen and oxygen atoms in total. The number of nitrogens with two attached hydrogens (primary N) is 1. The van der Waals surface area contributed by atoms with Gasteiger partial charge in [0.15, 0.2) is 0 Å². The Bertz CT molecular complexity index is 597. The molecule has 0 aliphatic carbocycles. The van der Waals surface area contributed by atoms with Gasteiger partial charge in [0.2, 0.25) is 0 Å². The molecule has 0 amide bonds. The zero-order valence-corrected chi connectivity index (χ0v) is 12.3. The van der Waals surface area contributed by atoms with Crippen LogP contribution in [0.2, 0.25) is 0 Å². The van der Waals surface area contributed by atoms with Crippen LogP contribution in [0.4, 0.5) is 15.8 Å². The largest absolute Gasteiger partial charge is 0.355 e.